The number of rotatable bonds is 5. The van der Waals surface area contributed by atoms with Gasteiger partial charge in [-0.25, -0.2) is 4.79 Å². The first-order valence-electron chi connectivity index (χ1n) is 6.95. The van der Waals surface area contributed by atoms with Crippen LogP contribution in [0.5, 0.6) is 0 Å². The molecule has 1 amide bonds. The van der Waals surface area contributed by atoms with Gasteiger partial charge in [0.25, 0.3) is 5.91 Å². The summed E-state index contributed by atoms with van der Waals surface area (Å²) in [5.74, 6) is -1.48. The van der Waals surface area contributed by atoms with Gasteiger partial charge in [0.15, 0.2) is 0 Å². The van der Waals surface area contributed by atoms with Crippen LogP contribution in [0.15, 0.2) is 29.8 Å². The molecule has 1 aromatic carbocycles. The van der Waals surface area contributed by atoms with E-state index in [1.165, 1.54) is 18.2 Å². The van der Waals surface area contributed by atoms with Gasteiger partial charge in [-0.1, -0.05) is 12.1 Å². The van der Waals surface area contributed by atoms with Crippen molar-refractivity contribution in [2.75, 3.05) is 13.2 Å². The van der Waals surface area contributed by atoms with Gasteiger partial charge in [-0.05, 0) is 36.6 Å². The molecule has 1 fully saturated rings. The van der Waals surface area contributed by atoms with E-state index in [0.29, 0.717) is 18.7 Å². The number of carboxylic acid groups (broad SMARTS) is 1. The average molecular weight is 300 g/mol. The minimum Gasteiger partial charge on any atom is -0.478 e. The van der Waals surface area contributed by atoms with Crippen molar-refractivity contribution >= 4 is 18.0 Å². The number of carbonyl (C=O) groups is 2. The van der Waals surface area contributed by atoms with E-state index in [1.54, 1.807) is 12.1 Å². The van der Waals surface area contributed by atoms with Gasteiger partial charge < -0.3 is 15.2 Å². The molecule has 1 aliphatic heterocycles. The SMILES string of the molecule is N#C/C(=C/c1ccc(C(=O)O)cc1)C(=O)NCC1CCCO1. The number of aromatic carboxylic acids is 1. The zero-order chi connectivity index (χ0) is 15.9. The quantitative estimate of drug-likeness (QED) is 0.635. The molecule has 0 radical (unpaired) electrons. The molecule has 1 unspecified atom stereocenters. The molecule has 22 heavy (non-hydrogen) atoms. The standard InChI is InChI=1S/C16H16N2O4/c17-9-13(15(19)18-10-14-2-1-7-22-14)8-11-3-5-12(6-4-11)16(20)21/h3-6,8,14H,1-2,7,10H2,(H,18,19)(H,20,21)/b13-8-. The van der Waals surface area contributed by atoms with Crippen molar-refractivity contribution in [3.63, 3.8) is 0 Å². The number of carbonyl (C=O) groups excluding carboxylic acids is 1. The van der Waals surface area contributed by atoms with E-state index in [2.05, 4.69) is 5.32 Å². The number of nitrogens with one attached hydrogen (secondary N) is 1. The van der Waals surface area contributed by atoms with Crippen molar-refractivity contribution < 1.29 is 19.4 Å². The highest BCUT2D eigenvalue weighted by atomic mass is 16.5. The first-order valence-corrected chi connectivity index (χ1v) is 6.95. The zero-order valence-electron chi connectivity index (χ0n) is 11.9. The number of hydrogen-bond donors (Lipinski definition) is 2. The Morgan fingerprint density at radius 2 is 2.14 bits per heavy atom. The second-order valence-corrected chi connectivity index (χ2v) is 4.94. The van der Waals surface area contributed by atoms with Crippen molar-refractivity contribution in [3.05, 3.63) is 41.0 Å². The normalized spacial score (nSPS) is 17.8. The van der Waals surface area contributed by atoms with Gasteiger partial charge in [0.1, 0.15) is 11.6 Å². The van der Waals surface area contributed by atoms with Gasteiger partial charge in [0.2, 0.25) is 0 Å². The number of amides is 1. The molecule has 0 aliphatic carbocycles. The maximum absolute atomic E-state index is 12.0. The summed E-state index contributed by atoms with van der Waals surface area (Å²) in [7, 11) is 0. The van der Waals surface area contributed by atoms with Crippen LogP contribution < -0.4 is 5.32 Å². The Balaban J connectivity index is 2.01. The first-order chi connectivity index (χ1) is 10.6. The van der Waals surface area contributed by atoms with Crippen molar-refractivity contribution in [2.45, 2.75) is 18.9 Å². The number of benzene rings is 1. The van der Waals surface area contributed by atoms with Crippen LogP contribution >= 0.6 is 0 Å². The molecule has 1 atom stereocenters. The summed E-state index contributed by atoms with van der Waals surface area (Å²) in [6.07, 6.45) is 3.33. The molecule has 6 heteroatoms. The predicted molar refractivity (Wildman–Crippen MR) is 79.0 cm³/mol. The lowest BCUT2D eigenvalue weighted by atomic mass is 10.1. The fourth-order valence-electron chi connectivity index (χ4n) is 2.14. The Morgan fingerprint density at radius 3 is 2.68 bits per heavy atom. The molecule has 0 bridgehead atoms. The maximum atomic E-state index is 12.0. The van der Waals surface area contributed by atoms with Gasteiger partial charge >= 0.3 is 5.97 Å². The molecule has 2 N–H and O–H groups in total. The Hall–Kier alpha value is -2.65. The fourth-order valence-corrected chi connectivity index (χ4v) is 2.14. The van der Waals surface area contributed by atoms with Gasteiger partial charge in [-0.15, -0.1) is 0 Å². The Bertz CT molecular complexity index is 623. The van der Waals surface area contributed by atoms with Crippen molar-refractivity contribution in [3.8, 4) is 6.07 Å². The molecule has 6 nitrogen and oxygen atoms in total. The topological polar surface area (TPSA) is 99.4 Å². The summed E-state index contributed by atoms with van der Waals surface area (Å²) in [5, 5.41) is 20.6. The molecule has 2 rings (SSSR count). The van der Waals surface area contributed by atoms with E-state index in [4.69, 9.17) is 15.1 Å². The summed E-state index contributed by atoms with van der Waals surface area (Å²) < 4.78 is 5.40. The number of hydrogen-bond acceptors (Lipinski definition) is 4. The van der Waals surface area contributed by atoms with Crippen LogP contribution in [0.1, 0.15) is 28.8 Å². The second-order valence-electron chi connectivity index (χ2n) is 4.94. The van der Waals surface area contributed by atoms with E-state index in [9.17, 15) is 9.59 Å². The second kappa shape index (κ2) is 7.38. The number of ether oxygens (including phenoxy) is 1. The predicted octanol–water partition coefficient (Wildman–Crippen LogP) is 1.59. The summed E-state index contributed by atoms with van der Waals surface area (Å²) in [4.78, 5) is 22.7. The molecule has 0 spiro atoms. The summed E-state index contributed by atoms with van der Waals surface area (Å²) >= 11 is 0. The van der Waals surface area contributed by atoms with E-state index < -0.39 is 11.9 Å². The van der Waals surface area contributed by atoms with Crippen LogP contribution in [-0.4, -0.2) is 36.2 Å². The van der Waals surface area contributed by atoms with E-state index in [1.807, 2.05) is 6.07 Å². The van der Waals surface area contributed by atoms with Gasteiger partial charge in [-0.3, -0.25) is 4.79 Å². The molecule has 114 valence electrons. The molecule has 1 aromatic rings. The van der Waals surface area contributed by atoms with Crippen LogP contribution in [0.25, 0.3) is 6.08 Å². The van der Waals surface area contributed by atoms with E-state index >= 15 is 0 Å². The summed E-state index contributed by atoms with van der Waals surface area (Å²) in [6, 6.07) is 7.80. The highest BCUT2D eigenvalue weighted by molar-refractivity contribution is 6.01. The Kier molecular flexibility index (Phi) is 5.28. The van der Waals surface area contributed by atoms with Gasteiger partial charge in [0, 0.05) is 13.2 Å². The van der Waals surface area contributed by atoms with Crippen LogP contribution in [0, 0.1) is 11.3 Å². The van der Waals surface area contributed by atoms with Crippen molar-refractivity contribution in [1.29, 1.82) is 5.26 Å². The zero-order valence-corrected chi connectivity index (χ0v) is 11.9. The average Bonchev–Trinajstić information content (AvgIpc) is 3.04. The summed E-state index contributed by atoms with van der Waals surface area (Å²) in [5.41, 5.74) is 0.716. The molecule has 0 aromatic heterocycles. The molecular formula is C16H16N2O4. The third-order valence-electron chi connectivity index (χ3n) is 3.35. The Labute approximate surface area is 128 Å². The lowest BCUT2D eigenvalue weighted by molar-refractivity contribution is -0.117. The molecule has 1 aliphatic rings. The van der Waals surface area contributed by atoms with Crippen molar-refractivity contribution in [1.82, 2.24) is 5.32 Å². The molecule has 0 saturated carbocycles. The lowest BCUT2D eigenvalue weighted by Crippen LogP contribution is -2.32. The third-order valence-corrected chi connectivity index (χ3v) is 3.35. The first kappa shape index (κ1) is 15.7. The molecule has 1 saturated heterocycles. The maximum Gasteiger partial charge on any atom is 0.335 e. The molecular weight excluding hydrogens is 284 g/mol. The summed E-state index contributed by atoms with van der Waals surface area (Å²) in [6.45, 7) is 1.09. The van der Waals surface area contributed by atoms with Crippen molar-refractivity contribution in [2.24, 2.45) is 0 Å². The monoisotopic (exact) mass is 300 g/mol. The van der Waals surface area contributed by atoms with Crippen LogP contribution in [0.2, 0.25) is 0 Å². The number of nitrogens with zero attached hydrogens (tertiary/aromatic N) is 1. The minimum atomic E-state index is -1.02. The van der Waals surface area contributed by atoms with Crippen LogP contribution in [0.3, 0.4) is 0 Å². The third kappa shape index (κ3) is 4.17. The number of nitriles is 1. The van der Waals surface area contributed by atoms with Crippen LogP contribution in [0.4, 0.5) is 0 Å². The smallest absolute Gasteiger partial charge is 0.335 e. The largest absolute Gasteiger partial charge is 0.478 e. The minimum absolute atomic E-state index is 0.0127. The Morgan fingerprint density at radius 1 is 1.41 bits per heavy atom. The van der Waals surface area contributed by atoms with Crippen LogP contribution in [-0.2, 0) is 9.53 Å². The molecule has 1 heterocycles. The number of carboxylic acids is 1. The lowest BCUT2D eigenvalue weighted by Gasteiger charge is -2.10. The highest BCUT2D eigenvalue weighted by Gasteiger charge is 2.17. The highest BCUT2D eigenvalue weighted by Crippen LogP contribution is 2.12. The van der Waals surface area contributed by atoms with E-state index in [0.717, 1.165) is 12.8 Å². The van der Waals surface area contributed by atoms with Gasteiger partial charge in [-0.2, -0.15) is 5.26 Å². The van der Waals surface area contributed by atoms with Gasteiger partial charge in [0.05, 0.1) is 11.7 Å². The van der Waals surface area contributed by atoms with E-state index in [-0.39, 0.29) is 17.2 Å². The fraction of sp³-hybridized carbons (Fsp3) is 0.312.